The molecule has 0 aliphatic carbocycles. The first-order chi connectivity index (χ1) is 8.45. The number of aromatic nitrogens is 1. The fourth-order valence-corrected chi connectivity index (χ4v) is 3.21. The van der Waals surface area contributed by atoms with Crippen molar-refractivity contribution in [1.82, 2.24) is 14.8 Å². The lowest BCUT2D eigenvalue weighted by Crippen LogP contribution is -2.61. The lowest BCUT2D eigenvalue weighted by atomic mass is 9.98. The van der Waals surface area contributed by atoms with Gasteiger partial charge in [-0.3, -0.25) is 9.69 Å². The summed E-state index contributed by atoms with van der Waals surface area (Å²) in [6.45, 7) is 6.32. The molecule has 2 rings (SSSR count). The molecule has 0 saturated carbocycles. The third kappa shape index (κ3) is 2.53. The normalized spacial score (nSPS) is 20.4. The molecule has 0 atom stereocenters. The van der Waals surface area contributed by atoms with Crippen molar-refractivity contribution < 1.29 is 4.79 Å². The number of likely N-dealkylation sites (N-methyl/N-ethyl adjacent to an activating group) is 1. The summed E-state index contributed by atoms with van der Waals surface area (Å²) in [5.74, 6) is 0.615. The van der Waals surface area contributed by atoms with Gasteiger partial charge in [0.05, 0.1) is 23.7 Å². The molecule has 1 aromatic heterocycles. The molecule has 18 heavy (non-hydrogen) atoms. The van der Waals surface area contributed by atoms with Crippen LogP contribution < -0.4 is 0 Å². The van der Waals surface area contributed by atoms with Gasteiger partial charge < -0.3 is 4.90 Å². The van der Waals surface area contributed by atoms with Crippen LogP contribution >= 0.6 is 22.9 Å². The Bertz CT molecular complexity index is 446. The van der Waals surface area contributed by atoms with Crippen LogP contribution in [-0.4, -0.2) is 46.4 Å². The van der Waals surface area contributed by atoms with Crippen LogP contribution in [0.4, 0.5) is 0 Å². The van der Waals surface area contributed by atoms with E-state index in [1.807, 2.05) is 26.3 Å². The Hall–Kier alpha value is -0.650. The predicted octanol–water partition coefficient (Wildman–Crippen LogP) is 1.93. The number of piperazine rings is 1. The fourth-order valence-electron chi connectivity index (χ4n) is 2.18. The summed E-state index contributed by atoms with van der Waals surface area (Å²) in [6.07, 6.45) is 0. The summed E-state index contributed by atoms with van der Waals surface area (Å²) in [4.78, 5) is 20.6. The third-order valence-electron chi connectivity index (χ3n) is 3.43. The molecular formula is C12H18ClN3OS. The number of hydrogen-bond donors (Lipinski definition) is 0. The second-order valence-corrected chi connectivity index (χ2v) is 6.28. The molecule has 0 radical (unpaired) electrons. The van der Waals surface area contributed by atoms with E-state index in [4.69, 9.17) is 11.6 Å². The molecular weight excluding hydrogens is 270 g/mol. The molecule has 1 aromatic rings. The van der Waals surface area contributed by atoms with Gasteiger partial charge in [0.15, 0.2) is 0 Å². The first kappa shape index (κ1) is 13.8. The van der Waals surface area contributed by atoms with Crippen molar-refractivity contribution in [3.63, 3.8) is 0 Å². The van der Waals surface area contributed by atoms with E-state index in [-0.39, 0.29) is 5.91 Å². The summed E-state index contributed by atoms with van der Waals surface area (Å²) in [7, 11) is 1.86. The Morgan fingerprint density at radius 1 is 1.50 bits per heavy atom. The maximum atomic E-state index is 12.2. The van der Waals surface area contributed by atoms with Crippen LogP contribution in [0.5, 0.6) is 0 Å². The second-order valence-electron chi connectivity index (χ2n) is 5.07. The van der Waals surface area contributed by atoms with Gasteiger partial charge in [0, 0.05) is 25.5 Å². The van der Waals surface area contributed by atoms with Crippen molar-refractivity contribution >= 4 is 28.8 Å². The Morgan fingerprint density at radius 3 is 2.83 bits per heavy atom. The van der Waals surface area contributed by atoms with Crippen molar-refractivity contribution in [2.75, 3.05) is 20.1 Å². The van der Waals surface area contributed by atoms with Crippen LogP contribution in [-0.2, 0) is 17.2 Å². The van der Waals surface area contributed by atoms with Crippen LogP contribution in [0.25, 0.3) is 0 Å². The van der Waals surface area contributed by atoms with Gasteiger partial charge >= 0.3 is 0 Å². The van der Waals surface area contributed by atoms with Gasteiger partial charge in [-0.25, -0.2) is 4.98 Å². The highest BCUT2D eigenvalue weighted by Gasteiger charge is 2.40. The Balaban J connectivity index is 2.11. The van der Waals surface area contributed by atoms with Gasteiger partial charge in [-0.15, -0.1) is 22.9 Å². The number of hydrogen-bond acceptors (Lipinski definition) is 4. The monoisotopic (exact) mass is 287 g/mol. The van der Waals surface area contributed by atoms with Crippen LogP contribution in [0, 0.1) is 0 Å². The van der Waals surface area contributed by atoms with Gasteiger partial charge in [0.25, 0.3) is 0 Å². The molecule has 0 unspecified atom stereocenters. The summed E-state index contributed by atoms with van der Waals surface area (Å²) in [5.41, 5.74) is 0.453. The van der Waals surface area contributed by atoms with E-state index in [9.17, 15) is 4.79 Å². The number of alkyl halides is 1. The van der Waals surface area contributed by atoms with E-state index >= 15 is 0 Å². The molecule has 0 spiro atoms. The molecule has 0 N–H and O–H groups in total. The highest BCUT2D eigenvalue weighted by molar-refractivity contribution is 7.09. The lowest BCUT2D eigenvalue weighted by Gasteiger charge is -2.44. The maximum absolute atomic E-state index is 12.2. The van der Waals surface area contributed by atoms with E-state index in [0.29, 0.717) is 12.4 Å². The number of carbonyl (C=O) groups is 1. The average Bonchev–Trinajstić information content (AvgIpc) is 2.78. The first-order valence-electron chi connectivity index (χ1n) is 5.95. The van der Waals surface area contributed by atoms with Crippen molar-refractivity contribution in [1.29, 1.82) is 0 Å². The van der Waals surface area contributed by atoms with Crippen molar-refractivity contribution in [2.45, 2.75) is 31.8 Å². The SMILES string of the molecule is CN1CCN(Cc2nc(CCl)cs2)C(C)(C)C1=O. The van der Waals surface area contributed by atoms with Crippen LogP contribution in [0.15, 0.2) is 5.38 Å². The van der Waals surface area contributed by atoms with Crippen LogP contribution in [0.3, 0.4) is 0 Å². The second kappa shape index (κ2) is 5.15. The predicted molar refractivity (Wildman–Crippen MR) is 73.8 cm³/mol. The molecule has 1 aliphatic rings. The van der Waals surface area contributed by atoms with Gasteiger partial charge in [0.2, 0.25) is 5.91 Å². The van der Waals surface area contributed by atoms with E-state index < -0.39 is 5.54 Å². The van der Waals surface area contributed by atoms with Crippen LogP contribution in [0.1, 0.15) is 24.5 Å². The summed E-state index contributed by atoms with van der Waals surface area (Å²) >= 11 is 7.36. The highest BCUT2D eigenvalue weighted by Crippen LogP contribution is 2.25. The van der Waals surface area contributed by atoms with Crippen molar-refractivity contribution in [3.8, 4) is 0 Å². The number of carbonyl (C=O) groups excluding carboxylic acids is 1. The number of amides is 1. The zero-order valence-corrected chi connectivity index (χ0v) is 12.5. The van der Waals surface area contributed by atoms with Crippen LogP contribution in [0.2, 0.25) is 0 Å². The largest absolute Gasteiger partial charge is 0.343 e. The topological polar surface area (TPSA) is 36.4 Å². The molecule has 4 nitrogen and oxygen atoms in total. The number of halogens is 1. The van der Waals surface area contributed by atoms with E-state index in [0.717, 1.165) is 23.8 Å². The molecule has 6 heteroatoms. The average molecular weight is 288 g/mol. The minimum absolute atomic E-state index is 0.169. The Kier molecular flexibility index (Phi) is 3.94. The molecule has 0 bridgehead atoms. The molecule has 2 heterocycles. The Morgan fingerprint density at radius 2 is 2.22 bits per heavy atom. The highest BCUT2D eigenvalue weighted by atomic mass is 35.5. The number of thiazole rings is 1. The summed E-state index contributed by atoms with van der Waals surface area (Å²) in [5, 5.41) is 3.00. The fraction of sp³-hybridized carbons (Fsp3) is 0.667. The van der Waals surface area contributed by atoms with Gasteiger partial charge in [-0.2, -0.15) is 0 Å². The minimum Gasteiger partial charge on any atom is -0.343 e. The number of rotatable bonds is 3. The van der Waals surface area contributed by atoms with E-state index in [1.165, 1.54) is 0 Å². The van der Waals surface area contributed by atoms with Gasteiger partial charge in [-0.1, -0.05) is 0 Å². The quantitative estimate of drug-likeness (QED) is 0.797. The lowest BCUT2D eigenvalue weighted by molar-refractivity contribution is -0.147. The third-order valence-corrected chi connectivity index (χ3v) is 4.58. The number of nitrogens with zero attached hydrogens (tertiary/aromatic N) is 3. The zero-order valence-electron chi connectivity index (χ0n) is 10.9. The van der Waals surface area contributed by atoms with Gasteiger partial charge in [0.1, 0.15) is 5.01 Å². The van der Waals surface area contributed by atoms with Crippen molar-refractivity contribution in [3.05, 3.63) is 16.1 Å². The summed E-state index contributed by atoms with van der Waals surface area (Å²) < 4.78 is 0. The smallest absolute Gasteiger partial charge is 0.242 e. The zero-order chi connectivity index (χ0) is 13.3. The first-order valence-corrected chi connectivity index (χ1v) is 7.36. The molecule has 1 fully saturated rings. The van der Waals surface area contributed by atoms with Crippen molar-refractivity contribution in [2.24, 2.45) is 0 Å². The van der Waals surface area contributed by atoms with E-state index in [2.05, 4.69) is 9.88 Å². The molecule has 100 valence electrons. The molecule has 0 aromatic carbocycles. The van der Waals surface area contributed by atoms with Gasteiger partial charge in [-0.05, 0) is 13.8 Å². The molecule has 1 amide bonds. The summed E-state index contributed by atoms with van der Waals surface area (Å²) in [6, 6.07) is 0. The molecule has 1 saturated heterocycles. The standard InChI is InChI=1S/C12H18ClN3OS/c1-12(2)11(17)15(3)4-5-16(12)7-10-14-9(6-13)8-18-10/h8H,4-7H2,1-3H3. The maximum Gasteiger partial charge on any atom is 0.242 e. The Labute approximate surface area is 117 Å². The molecule has 1 aliphatic heterocycles. The van der Waals surface area contributed by atoms with E-state index in [1.54, 1.807) is 16.2 Å². The minimum atomic E-state index is -0.459.